The van der Waals surface area contributed by atoms with E-state index in [1.54, 1.807) is 28.8 Å². The molecular weight excluding hydrogens is 442 g/mol. The van der Waals surface area contributed by atoms with Crippen LogP contribution in [0.3, 0.4) is 0 Å². The van der Waals surface area contributed by atoms with Gasteiger partial charge in [-0.3, -0.25) is 9.36 Å². The minimum Gasteiger partial charge on any atom is -0.325 e. The van der Waals surface area contributed by atoms with Crippen molar-refractivity contribution in [1.29, 1.82) is 0 Å². The normalized spacial score (nSPS) is 11.1. The lowest BCUT2D eigenvalue weighted by Gasteiger charge is -2.14. The van der Waals surface area contributed by atoms with Crippen LogP contribution in [0.5, 0.6) is 0 Å². The van der Waals surface area contributed by atoms with Crippen molar-refractivity contribution in [2.45, 2.75) is 24.9 Å². The number of rotatable bonds is 7. The summed E-state index contributed by atoms with van der Waals surface area (Å²) in [7, 11) is 0. The van der Waals surface area contributed by atoms with Crippen molar-refractivity contribution in [2.24, 2.45) is 0 Å². The molecular formula is C25H22F2N4OS. The van der Waals surface area contributed by atoms with Gasteiger partial charge in [0.25, 0.3) is 0 Å². The highest BCUT2D eigenvalue weighted by Gasteiger charge is 2.18. The zero-order chi connectivity index (χ0) is 23.4. The molecule has 0 fully saturated rings. The maximum Gasteiger partial charge on any atom is 0.234 e. The fourth-order valence-corrected chi connectivity index (χ4v) is 4.15. The van der Waals surface area contributed by atoms with Gasteiger partial charge in [-0.25, -0.2) is 8.78 Å². The number of thioether (sulfide) groups is 1. The number of para-hydroxylation sites is 1. The molecule has 4 rings (SSSR count). The van der Waals surface area contributed by atoms with Crippen molar-refractivity contribution < 1.29 is 13.6 Å². The molecule has 0 saturated carbocycles. The van der Waals surface area contributed by atoms with Gasteiger partial charge in [0.2, 0.25) is 5.91 Å². The Morgan fingerprint density at radius 1 is 0.939 bits per heavy atom. The lowest BCUT2D eigenvalue weighted by atomic mass is 10.0. The summed E-state index contributed by atoms with van der Waals surface area (Å²) in [5, 5.41) is 11.9. The van der Waals surface area contributed by atoms with Crippen LogP contribution in [0.1, 0.15) is 25.3 Å². The molecule has 168 valence electrons. The van der Waals surface area contributed by atoms with Crippen LogP contribution in [0.15, 0.2) is 78.0 Å². The number of nitrogens with one attached hydrogen (secondary N) is 1. The molecule has 0 aliphatic heterocycles. The number of hydrogen-bond donors (Lipinski definition) is 1. The van der Waals surface area contributed by atoms with Gasteiger partial charge in [-0.05, 0) is 66.1 Å². The first-order chi connectivity index (χ1) is 15.9. The van der Waals surface area contributed by atoms with Crippen LogP contribution in [0.2, 0.25) is 0 Å². The summed E-state index contributed by atoms with van der Waals surface area (Å²) in [6.45, 7) is 4.14. The van der Waals surface area contributed by atoms with Crippen molar-refractivity contribution >= 4 is 23.4 Å². The molecule has 1 amide bonds. The molecule has 4 aromatic rings. The van der Waals surface area contributed by atoms with E-state index < -0.39 is 0 Å². The number of amides is 1. The second-order valence-corrected chi connectivity index (χ2v) is 8.65. The van der Waals surface area contributed by atoms with Gasteiger partial charge >= 0.3 is 0 Å². The van der Waals surface area contributed by atoms with Crippen LogP contribution in [-0.4, -0.2) is 26.4 Å². The van der Waals surface area contributed by atoms with Crippen LogP contribution in [-0.2, 0) is 4.79 Å². The lowest BCUT2D eigenvalue weighted by molar-refractivity contribution is -0.113. The Balaban J connectivity index is 1.59. The van der Waals surface area contributed by atoms with Crippen LogP contribution < -0.4 is 5.32 Å². The van der Waals surface area contributed by atoms with Crippen LogP contribution >= 0.6 is 11.8 Å². The Morgan fingerprint density at radius 2 is 1.58 bits per heavy atom. The summed E-state index contributed by atoms with van der Waals surface area (Å²) in [5.74, 6) is -0.0596. The fourth-order valence-electron chi connectivity index (χ4n) is 3.40. The molecule has 0 saturated heterocycles. The van der Waals surface area contributed by atoms with Gasteiger partial charge in [-0.1, -0.05) is 43.8 Å². The highest BCUT2D eigenvalue weighted by Crippen LogP contribution is 2.29. The second kappa shape index (κ2) is 9.95. The maximum absolute atomic E-state index is 13.5. The predicted molar refractivity (Wildman–Crippen MR) is 127 cm³/mol. The summed E-state index contributed by atoms with van der Waals surface area (Å²) in [6, 6.07) is 19.5. The van der Waals surface area contributed by atoms with E-state index in [-0.39, 0.29) is 29.2 Å². The second-order valence-electron chi connectivity index (χ2n) is 7.70. The maximum atomic E-state index is 13.5. The molecule has 1 aromatic heterocycles. The monoisotopic (exact) mass is 464 g/mol. The van der Waals surface area contributed by atoms with Gasteiger partial charge in [-0.2, -0.15) is 0 Å². The third-order valence-electron chi connectivity index (χ3n) is 5.01. The molecule has 0 spiro atoms. The Kier molecular flexibility index (Phi) is 6.84. The summed E-state index contributed by atoms with van der Waals surface area (Å²) in [4.78, 5) is 12.7. The Labute approximate surface area is 194 Å². The molecule has 33 heavy (non-hydrogen) atoms. The van der Waals surface area contributed by atoms with Crippen molar-refractivity contribution in [3.05, 3.63) is 90.0 Å². The van der Waals surface area contributed by atoms with E-state index in [1.807, 2.05) is 24.3 Å². The number of nitrogens with zero attached hydrogens (tertiary/aromatic N) is 3. The molecule has 0 radical (unpaired) electrons. The zero-order valence-corrected chi connectivity index (χ0v) is 18.9. The van der Waals surface area contributed by atoms with E-state index in [0.717, 1.165) is 11.3 Å². The molecule has 3 aromatic carbocycles. The number of aromatic nitrogens is 3. The first-order valence-corrected chi connectivity index (χ1v) is 11.4. The predicted octanol–water partition coefficient (Wildman–Crippen LogP) is 6.07. The SMILES string of the molecule is CC(C)c1ccccc1NC(=O)CSc1nnc(-c2ccc(F)cc2)n1-c1ccc(F)cc1. The van der Waals surface area contributed by atoms with Crippen molar-refractivity contribution in [3.63, 3.8) is 0 Å². The van der Waals surface area contributed by atoms with Gasteiger partial charge in [0.1, 0.15) is 11.6 Å². The number of benzene rings is 3. The Bertz CT molecular complexity index is 1250. The van der Waals surface area contributed by atoms with E-state index in [9.17, 15) is 13.6 Å². The standard InChI is InChI=1S/C25H22F2N4OS/c1-16(2)21-5-3-4-6-22(21)28-23(32)15-33-25-30-29-24(17-7-9-18(26)10-8-17)31(25)20-13-11-19(27)12-14-20/h3-14,16H,15H2,1-2H3,(H,28,32). The minimum absolute atomic E-state index is 0.106. The smallest absolute Gasteiger partial charge is 0.234 e. The lowest BCUT2D eigenvalue weighted by Crippen LogP contribution is -2.16. The van der Waals surface area contributed by atoms with Gasteiger partial charge < -0.3 is 5.32 Å². The van der Waals surface area contributed by atoms with E-state index >= 15 is 0 Å². The zero-order valence-electron chi connectivity index (χ0n) is 18.1. The summed E-state index contributed by atoms with van der Waals surface area (Å²) < 4.78 is 28.6. The van der Waals surface area contributed by atoms with Crippen LogP contribution in [0.4, 0.5) is 14.5 Å². The number of halogens is 2. The van der Waals surface area contributed by atoms with E-state index in [0.29, 0.717) is 22.2 Å². The van der Waals surface area contributed by atoms with Gasteiger partial charge in [-0.15, -0.1) is 10.2 Å². The number of carbonyl (C=O) groups is 1. The molecule has 0 aliphatic carbocycles. The van der Waals surface area contributed by atoms with Crippen molar-refractivity contribution in [2.75, 3.05) is 11.1 Å². The molecule has 0 atom stereocenters. The van der Waals surface area contributed by atoms with E-state index in [4.69, 9.17) is 0 Å². The Morgan fingerprint density at radius 3 is 2.24 bits per heavy atom. The highest BCUT2D eigenvalue weighted by atomic mass is 32.2. The fraction of sp³-hybridized carbons (Fsp3) is 0.160. The number of carbonyl (C=O) groups excluding carboxylic acids is 1. The minimum atomic E-state index is -0.368. The molecule has 0 aliphatic rings. The first kappa shape index (κ1) is 22.7. The third-order valence-corrected chi connectivity index (χ3v) is 5.94. The van der Waals surface area contributed by atoms with Crippen LogP contribution in [0.25, 0.3) is 17.1 Å². The van der Waals surface area contributed by atoms with Gasteiger partial charge in [0.05, 0.1) is 5.75 Å². The number of anilines is 1. The van der Waals surface area contributed by atoms with Gasteiger partial charge in [0, 0.05) is 16.9 Å². The molecule has 1 N–H and O–H groups in total. The first-order valence-electron chi connectivity index (χ1n) is 10.4. The van der Waals surface area contributed by atoms with E-state index in [1.165, 1.54) is 36.0 Å². The summed E-state index contributed by atoms with van der Waals surface area (Å²) >= 11 is 1.22. The van der Waals surface area contributed by atoms with Crippen molar-refractivity contribution in [3.8, 4) is 17.1 Å². The topological polar surface area (TPSA) is 59.8 Å². The molecule has 8 heteroatoms. The molecule has 5 nitrogen and oxygen atoms in total. The third kappa shape index (κ3) is 5.28. The number of hydrogen-bond acceptors (Lipinski definition) is 4. The molecule has 0 bridgehead atoms. The van der Waals surface area contributed by atoms with Gasteiger partial charge in [0.15, 0.2) is 11.0 Å². The molecule has 0 unspecified atom stereocenters. The summed E-state index contributed by atoms with van der Waals surface area (Å²) in [5.41, 5.74) is 3.12. The van der Waals surface area contributed by atoms with Crippen molar-refractivity contribution in [1.82, 2.24) is 14.8 Å². The van der Waals surface area contributed by atoms with Crippen LogP contribution in [0, 0.1) is 11.6 Å². The average Bonchev–Trinajstić information content (AvgIpc) is 3.23. The largest absolute Gasteiger partial charge is 0.325 e. The summed E-state index contributed by atoms with van der Waals surface area (Å²) in [6.07, 6.45) is 0. The van der Waals surface area contributed by atoms with E-state index in [2.05, 4.69) is 29.4 Å². The Hall–Kier alpha value is -3.52. The average molecular weight is 465 g/mol. The highest BCUT2D eigenvalue weighted by molar-refractivity contribution is 7.99. The molecule has 1 heterocycles. The quantitative estimate of drug-likeness (QED) is 0.338.